The average Bonchev–Trinajstić information content (AvgIpc) is 2.25. The van der Waals surface area contributed by atoms with Crippen molar-refractivity contribution in [3.63, 3.8) is 0 Å². The lowest BCUT2D eigenvalue weighted by Crippen LogP contribution is -2.01. The third-order valence-electron chi connectivity index (χ3n) is 1.61. The lowest BCUT2D eigenvalue weighted by atomic mass is 10.2. The van der Waals surface area contributed by atoms with Gasteiger partial charge in [-0.1, -0.05) is 18.2 Å². The van der Waals surface area contributed by atoms with Gasteiger partial charge in [-0.2, -0.15) is 0 Å². The van der Waals surface area contributed by atoms with Gasteiger partial charge in [0.1, 0.15) is 18.6 Å². The second kappa shape index (κ2) is 5.94. The van der Waals surface area contributed by atoms with Crippen LogP contribution in [0, 0.1) is 0 Å². The third-order valence-corrected chi connectivity index (χ3v) is 1.61. The van der Waals surface area contributed by atoms with Crippen LogP contribution in [0.4, 0.5) is 0 Å². The van der Waals surface area contributed by atoms with Crippen LogP contribution in [0.2, 0.25) is 0 Å². The monoisotopic (exact) mass is 192 g/mol. The molecule has 0 aliphatic carbocycles. The van der Waals surface area contributed by atoms with Crippen molar-refractivity contribution in [2.45, 2.75) is 0 Å². The molecule has 3 nitrogen and oxygen atoms in total. The van der Waals surface area contributed by atoms with Crippen molar-refractivity contribution in [1.29, 1.82) is 0 Å². The van der Waals surface area contributed by atoms with Gasteiger partial charge in [-0.05, 0) is 23.8 Å². The van der Waals surface area contributed by atoms with E-state index in [-0.39, 0.29) is 6.61 Å². The molecule has 0 radical (unpaired) electrons. The number of hydrogen-bond acceptors (Lipinski definition) is 3. The predicted molar refractivity (Wildman–Crippen MR) is 54.1 cm³/mol. The summed E-state index contributed by atoms with van der Waals surface area (Å²) in [6, 6.07) is 7.26. The summed E-state index contributed by atoms with van der Waals surface area (Å²) in [4.78, 5) is 10.0. The van der Waals surface area contributed by atoms with E-state index in [9.17, 15) is 4.79 Å². The number of benzene rings is 1. The molecule has 0 saturated heterocycles. The van der Waals surface area contributed by atoms with E-state index in [2.05, 4.69) is 0 Å². The highest BCUT2D eigenvalue weighted by Gasteiger charge is 1.91. The molecular weight excluding hydrogens is 180 g/mol. The lowest BCUT2D eigenvalue weighted by molar-refractivity contribution is -0.104. The van der Waals surface area contributed by atoms with Crippen LogP contribution < -0.4 is 4.74 Å². The Morgan fingerprint density at radius 1 is 1.29 bits per heavy atom. The number of carbonyl (C=O) groups is 1. The summed E-state index contributed by atoms with van der Waals surface area (Å²) in [5.41, 5.74) is 0.938. The molecule has 1 aromatic rings. The molecule has 0 saturated carbocycles. The fourth-order valence-electron chi connectivity index (χ4n) is 0.989. The highest BCUT2D eigenvalue weighted by Crippen LogP contribution is 2.12. The van der Waals surface area contributed by atoms with Crippen molar-refractivity contribution in [2.75, 3.05) is 13.2 Å². The lowest BCUT2D eigenvalue weighted by Gasteiger charge is -2.03. The maximum absolute atomic E-state index is 10.0. The van der Waals surface area contributed by atoms with Crippen LogP contribution in [0.3, 0.4) is 0 Å². The van der Waals surface area contributed by atoms with Crippen LogP contribution in [-0.4, -0.2) is 24.6 Å². The van der Waals surface area contributed by atoms with Crippen molar-refractivity contribution in [2.24, 2.45) is 0 Å². The number of carbonyl (C=O) groups excluding carboxylic acids is 1. The van der Waals surface area contributed by atoms with Gasteiger partial charge < -0.3 is 9.84 Å². The Hall–Kier alpha value is -1.61. The van der Waals surface area contributed by atoms with E-state index in [0.29, 0.717) is 12.4 Å². The molecule has 0 bridgehead atoms. The van der Waals surface area contributed by atoms with E-state index >= 15 is 0 Å². The molecule has 3 heteroatoms. The normalized spacial score (nSPS) is 10.4. The minimum absolute atomic E-state index is 0.00674. The van der Waals surface area contributed by atoms with E-state index in [4.69, 9.17) is 9.84 Å². The van der Waals surface area contributed by atoms with Gasteiger partial charge in [0.25, 0.3) is 0 Å². The number of rotatable bonds is 5. The smallest absolute Gasteiger partial charge is 0.142 e. The summed E-state index contributed by atoms with van der Waals surface area (Å²) in [5.74, 6) is 0.710. The zero-order chi connectivity index (χ0) is 10.2. The van der Waals surface area contributed by atoms with Crippen molar-refractivity contribution < 1.29 is 14.6 Å². The molecule has 0 aliphatic heterocycles. The van der Waals surface area contributed by atoms with Crippen LogP contribution in [0.1, 0.15) is 5.56 Å². The third kappa shape index (κ3) is 3.41. The number of hydrogen-bond donors (Lipinski definition) is 1. The summed E-state index contributed by atoms with van der Waals surface area (Å²) >= 11 is 0. The Labute approximate surface area is 82.6 Å². The Balaban J connectivity index is 2.59. The van der Waals surface area contributed by atoms with Gasteiger partial charge in [-0.3, -0.25) is 4.79 Å². The zero-order valence-electron chi connectivity index (χ0n) is 7.72. The summed E-state index contributed by atoms with van der Waals surface area (Å²) in [6.45, 7) is 0.302. The van der Waals surface area contributed by atoms with Crippen molar-refractivity contribution in [1.82, 2.24) is 0 Å². The van der Waals surface area contributed by atoms with E-state index in [1.807, 2.05) is 12.1 Å². The van der Waals surface area contributed by atoms with Crippen LogP contribution in [0.15, 0.2) is 30.3 Å². The molecule has 74 valence electrons. The number of aliphatic hydroxyl groups excluding tert-OH is 1. The molecule has 1 aromatic carbocycles. The Morgan fingerprint density at radius 2 is 2.00 bits per heavy atom. The molecule has 0 spiro atoms. The summed E-state index contributed by atoms with van der Waals surface area (Å²) in [6.07, 6.45) is 3.88. The van der Waals surface area contributed by atoms with Gasteiger partial charge in [0, 0.05) is 0 Å². The largest absolute Gasteiger partial charge is 0.491 e. The Bertz CT molecular complexity index is 301. The van der Waals surface area contributed by atoms with Crippen LogP contribution >= 0.6 is 0 Å². The van der Waals surface area contributed by atoms with Gasteiger partial charge >= 0.3 is 0 Å². The Kier molecular flexibility index (Phi) is 4.44. The fraction of sp³-hybridized carbons (Fsp3) is 0.182. The van der Waals surface area contributed by atoms with Gasteiger partial charge in [0.15, 0.2) is 0 Å². The molecule has 0 heterocycles. The molecule has 0 aliphatic rings. The SMILES string of the molecule is O=CC=Cc1ccc(OCCO)cc1. The molecule has 14 heavy (non-hydrogen) atoms. The number of allylic oxidation sites excluding steroid dienone is 1. The zero-order valence-corrected chi connectivity index (χ0v) is 7.72. The molecule has 1 rings (SSSR count). The molecular formula is C11H12O3. The quantitative estimate of drug-likeness (QED) is 0.564. The molecule has 0 atom stereocenters. The molecule has 0 fully saturated rings. The first-order valence-corrected chi connectivity index (χ1v) is 4.32. The first kappa shape index (κ1) is 10.5. The summed E-state index contributed by atoms with van der Waals surface area (Å²) in [7, 11) is 0. The maximum atomic E-state index is 10.0. The second-order valence-corrected chi connectivity index (χ2v) is 2.64. The second-order valence-electron chi connectivity index (χ2n) is 2.64. The highest BCUT2D eigenvalue weighted by molar-refractivity contribution is 5.73. The highest BCUT2D eigenvalue weighted by atomic mass is 16.5. The number of ether oxygens (including phenoxy) is 1. The van der Waals surface area contributed by atoms with E-state index < -0.39 is 0 Å². The van der Waals surface area contributed by atoms with Crippen molar-refractivity contribution in [3.8, 4) is 5.75 Å². The fourth-order valence-corrected chi connectivity index (χ4v) is 0.989. The molecule has 0 amide bonds. The molecule has 0 aromatic heterocycles. The van der Waals surface area contributed by atoms with E-state index in [1.54, 1.807) is 18.2 Å². The van der Waals surface area contributed by atoms with Crippen molar-refractivity contribution in [3.05, 3.63) is 35.9 Å². The number of aldehydes is 1. The van der Waals surface area contributed by atoms with E-state index in [0.717, 1.165) is 11.8 Å². The minimum atomic E-state index is 0.00674. The topological polar surface area (TPSA) is 46.5 Å². The Morgan fingerprint density at radius 3 is 2.57 bits per heavy atom. The standard InChI is InChI=1S/C11H12O3/c12-7-1-2-10-3-5-11(6-4-10)14-9-8-13/h1-7,13H,8-9H2. The molecule has 1 N–H and O–H groups in total. The summed E-state index contributed by atoms with van der Waals surface area (Å²) < 4.78 is 5.17. The van der Waals surface area contributed by atoms with Crippen molar-refractivity contribution >= 4 is 12.4 Å². The van der Waals surface area contributed by atoms with Crippen LogP contribution in [0.25, 0.3) is 6.08 Å². The van der Waals surface area contributed by atoms with Gasteiger partial charge in [-0.25, -0.2) is 0 Å². The first-order valence-electron chi connectivity index (χ1n) is 4.32. The van der Waals surface area contributed by atoms with Crippen LogP contribution in [0.5, 0.6) is 5.75 Å². The maximum Gasteiger partial charge on any atom is 0.142 e. The van der Waals surface area contributed by atoms with E-state index in [1.165, 1.54) is 6.08 Å². The predicted octanol–water partition coefficient (Wildman–Crippen LogP) is 1.27. The minimum Gasteiger partial charge on any atom is -0.491 e. The van der Waals surface area contributed by atoms with Gasteiger partial charge in [0.2, 0.25) is 0 Å². The number of aliphatic hydroxyl groups is 1. The van der Waals surface area contributed by atoms with Crippen LogP contribution in [-0.2, 0) is 4.79 Å². The first-order chi connectivity index (χ1) is 6.86. The van der Waals surface area contributed by atoms with Gasteiger partial charge in [0.05, 0.1) is 6.61 Å². The molecule has 0 unspecified atom stereocenters. The van der Waals surface area contributed by atoms with Gasteiger partial charge in [-0.15, -0.1) is 0 Å². The average molecular weight is 192 g/mol. The summed E-state index contributed by atoms with van der Waals surface area (Å²) in [5, 5.41) is 8.52.